The van der Waals surface area contributed by atoms with Gasteiger partial charge in [0.1, 0.15) is 0 Å². The maximum Gasteiger partial charge on any atom is 0.251 e. The van der Waals surface area contributed by atoms with E-state index in [1.807, 2.05) is 6.92 Å². The van der Waals surface area contributed by atoms with Crippen LogP contribution < -0.4 is 0 Å². The highest BCUT2D eigenvalue weighted by atomic mass is 16.3. The first-order valence-electron chi connectivity index (χ1n) is 4.26. The molecule has 1 aliphatic rings. The topological polar surface area (TPSA) is 40.5 Å². The largest absolute Gasteiger partial charge is 0.369 e. The number of aliphatic hydroxyl groups is 1. The molecule has 1 amide bonds. The quantitative estimate of drug-likeness (QED) is 0.667. The van der Waals surface area contributed by atoms with Gasteiger partial charge in [-0.3, -0.25) is 4.79 Å². The van der Waals surface area contributed by atoms with Gasteiger partial charge in [-0.2, -0.15) is 0 Å². The van der Waals surface area contributed by atoms with Crippen molar-refractivity contribution in [2.24, 2.45) is 0 Å². The highest BCUT2D eigenvalue weighted by Crippen LogP contribution is 2.23. The lowest BCUT2D eigenvalue weighted by atomic mass is 10.2. The van der Waals surface area contributed by atoms with E-state index < -0.39 is 6.23 Å². The van der Waals surface area contributed by atoms with Gasteiger partial charge in [0.2, 0.25) is 0 Å². The first-order valence-corrected chi connectivity index (χ1v) is 4.26. The first kappa shape index (κ1) is 9.26. The van der Waals surface area contributed by atoms with Crippen LogP contribution in [0.3, 0.4) is 0 Å². The molecule has 1 rings (SSSR count). The molecule has 1 unspecified atom stereocenters. The van der Waals surface area contributed by atoms with Gasteiger partial charge in [-0.1, -0.05) is 6.92 Å². The summed E-state index contributed by atoms with van der Waals surface area (Å²) in [5.41, 5.74) is 1.48. The van der Waals surface area contributed by atoms with Crippen molar-refractivity contribution in [2.45, 2.75) is 33.4 Å². The van der Waals surface area contributed by atoms with E-state index in [1.165, 1.54) is 4.90 Å². The molecular weight excluding hydrogens is 154 g/mol. The van der Waals surface area contributed by atoms with Crippen molar-refractivity contribution in [3.63, 3.8) is 0 Å². The molecule has 12 heavy (non-hydrogen) atoms. The fourth-order valence-corrected chi connectivity index (χ4v) is 1.39. The fourth-order valence-electron chi connectivity index (χ4n) is 1.39. The molecule has 0 radical (unpaired) electrons. The molecule has 3 nitrogen and oxygen atoms in total. The van der Waals surface area contributed by atoms with E-state index in [-0.39, 0.29) is 5.91 Å². The van der Waals surface area contributed by atoms with Crippen LogP contribution in [0.1, 0.15) is 27.2 Å². The molecule has 1 heterocycles. The zero-order valence-electron chi connectivity index (χ0n) is 7.79. The highest BCUT2D eigenvalue weighted by Gasteiger charge is 2.32. The van der Waals surface area contributed by atoms with Crippen LogP contribution in [-0.2, 0) is 4.79 Å². The minimum atomic E-state index is -0.683. The van der Waals surface area contributed by atoms with Gasteiger partial charge in [0.15, 0.2) is 6.23 Å². The van der Waals surface area contributed by atoms with Gasteiger partial charge in [-0.15, -0.1) is 0 Å². The molecule has 0 saturated carbocycles. The molecule has 0 aromatic carbocycles. The predicted molar refractivity (Wildman–Crippen MR) is 46.4 cm³/mol. The maximum absolute atomic E-state index is 11.4. The molecule has 0 fully saturated rings. The second-order valence-corrected chi connectivity index (χ2v) is 3.18. The van der Waals surface area contributed by atoms with Gasteiger partial charge >= 0.3 is 0 Å². The second kappa shape index (κ2) is 3.27. The Bertz CT molecular complexity index is 233. The van der Waals surface area contributed by atoms with Gasteiger partial charge in [-0.05, 0) is 25.8 Å². The lowest BCUT2D eigenvalue weighted by molar-refractivity contribution is -0.131. The molecule has 0 spiro atoms. The number of carbonyl (C=O) groups is 1. The maximum atomic E-state index is 11.4. The summed E-state index contributed by atoms with van der Waals surface area (Å²) < 4.78 is 0. The smallest absolute Gasteiger partial charge is 0.251 e. The van der Waals surface area contributed by atoms with Crippen molar-refractivity contribution in [1.82, 2.24) is 4.90 Å². The van der Waals surface area contributed by atoms with E-state index in [0.717, 1.165) is 12.0 Å². The standard InChI is InChI=1S/C9H15NO2/c1-4-5-10-8(11)6(2)7(3)9(10)12/h8,11H,4-5H2,1-3H3. The highest BCUT2D eigenvalue weighted by molar-refractivity contribution is 5.96. The minimum Gasteiger partial charge on any atom is -0.369 e. The first-order chi connectivity index (χ1) is 5.59. The third-order valence-electron chi connectivity index (χ3n) is 2.32. The number of amides is 1. The fraction of sp³-hybridized carbons (Fsp3) is 0.667. The number of carbonyl (C=O) groups excluding carboxylic acids is 1. The molecular formula is C9H15NO2. The summed E-state index contributed by atoms with van der Waals surface area (Å²) in [4.78, 5) is 12.9. The predicted octanol–water partition coefficient (Wildman–Crippen LogP) is 0.893. The minimum absolute atomic E-state index is 0.0261. The number of hydrogen-bond donors (Lipinski definition) is 1. The summed E-state index contributed by atoms with van der Waals surface area (Å²) in [6, 6.07) is 0. The summed E-state index contributed by atoms with van der Waals surface area (Å²) >= 11 is 0. The third-order valence-corrected chi connectivity index (χ3v) is 2.32. The number of hydrogen-bond acceptors (Lipinski definition) is 2. The molecule has 1 aliphatic heterocycles. The van der Waals surface area contributed by atoms with E-state index in [4.69, 9.17) is 0 Å². The van der Waals surface area contributed by atoms with Gasteiger partial charge in [-0.25, -0.2) is 0 Å². The molecule has 68 valence electrons. The van der Waals surface area contributed by atoms with Crippen molar-refractivity contribution in [2.75, 3.05) is 6.54 Å². The number of aliphatic hydroxyl groups excluding tert-OH is 1. The van der Waals surface area contributed by atoms with Crippen LogP contribution in [0.25, 0.3) is 0 Å². The summed E-state index contributed by atoms with van der Waals surface area (Å²) in [6.07, 6.45) is 0.195. The average molecular weight is 169 g/mol. The van der Waals surface area contributed by atoms with Crippen molar-refractivity contribution >= 4 is 5.91 Å². The van der Waals surface area contributed by atoms with Gasteiger partial charge in [0.25, 0.3) is 5.91 Å². The number of rotatable bonds is 2. The SMILES string of the molecule is CCCN1C(=O)C(C)=C(C)C1O. The Kier molecular flexibility index (Phi) is 2.52. The van der Waals surface area contributed by atoms with Crippen LogP contribution >= 0.6 is 0 Å². The summed E-state index contributed by atoms with van der Waals surface area (Å²) in [5.74, 6) is -0.0261. The Morgan fingerprint density at radius 2 is 2.08 bits per heavy atom. The summed E-state index contributed by atoms with van der Waals surface area (Å²) in [5, 5.41) is 9.58. The molecule has 1 atom stereocenters. The Balaban J connectivity index is 2.80. The Labute approximate surface area is 72.7 Å². The van der Waals surface area contributed by atoms with Crippen LogP contribution in [0.2, 0.25) is 0 Å². The van der Waals surface area contributed by atoms with Gasteiger partial charge in [0.05, 0.1) is 0 Å². The monoisotopic (exact) mass is 169 g/mol. The summed E-state index contributed by atoms with van der Waals surface area (Å²) in [6.45, 7) is 6.18. The third kappa shape index (κ3) is 1.25. The van der Waals surface area contributed by atoms with Crippen LogP contribution in [0.5, 0.6) is 0 Å². The lowest BCUT2D eigenvalue weighted by Gasteiger charge is -2.20. The zero-order valence-corrected chi connectivity index (χ0v) is 7.79. The number of nitrogens with zero attached hydrogens (tertiary/aromatic N) is 1. The van der Waals surface area contributed by atoms with E-state index in [0.29, 0.717) is 12.1 Å². The van der Waals surface area contributed by atoms with Crippen LogP contribution in [0, 0.1) is 0 Å². The van der Waals surface area contributed by atoms with Gasteiger partial charge in [0, 0.05) is 12.1 Å². The van der Waals surface area contributed by atoms with Crippen molar-refractivity contribution in [1.29, 1.82) is 0 Å². The molecule has 0 bridgehead atoms. The van der Waals surface area contributed by atoms with Crippen LogP contribution in [0.15, 0.2) is 11.1 Å². The molecule has 1 N–H and O–H groups in total. The molecule has 0 aromatic heterocycles. The molecule has 0 aromatic rings. The van der Waals surface area contributed by atoms with Crippen LogP contribution in [0.4, 0.5) is 0 Å². The van der Waals surface area contributed by atoms with E-state index in [9.17, 15) is 9.90 Å². The van der Waals surface area contributed by atoms with Crippen molar-refractivity contribution in [3.05, 3.63) is 11.1 Å². The van der Waals surface area contributed by atoms with Crippen LogP contribution in [-0.4, -0.2) is 28.7 Å². The Hall–Kier alpha value is -0.830. The normalized spacial score (nSPS) is 24.2. The summed E-state index contributed by atoms with van der Waals surface area (Å²) in [7, 11) is 0. The van der Waals surface area contributed by atoms with Crippen molar-refractivity contribution < 1.29 is 9.90 Å². The van der Waals surface area contributed by atoms with Gasteiger partial charge < -0.3 is 10.0 Å². The second-order valence-electron chi connectivity index (χ2n) is 3.18. The van der Waals surface area contributed by atoms with Crippen molar-refractivity contribution in [3.8, 4) is 0 Å². The average Bonchev–Trinajstić information content (AvgIpc) is 2.23. The molecule has 0 saturated heterocycles. The van der Waals surface area contributed by atoms with E-state index >= 15 is 0 Å². The van der Waals surface area contributed by atoms with E-state index in [2.05, 4.69) is 0 Å². The lowest BCUT2D eigenvalue weighted by Crippen LogP contribution is -2.35. The zero-order chi connectivity index (χ0) is 9.30. The Morgan fingerprint density at radius 1 is 1.50 bits per heavy atom. The molecule has 0 aliphatic carbocycles. The Morgan fingerprint density at radius 3 is 2.42 bits per heavy atom. The van der Waals surface area contributed by atoms with E-state index in [1.54, 1.807) is 13.8 Å². The molecule has 3 heteroatoms.